The van der Waals surface area contributed by atoms with Gasteiger partial charge >= 0.3 is 0 Å². The van der Waals surface area contributed by atoms with Crippen molar-refractivity contribution in [3.8, 4) is 61.3 Å². The van der Waals surface area contributed by atoms with Gasteiger partial charge in [0.25, 0.3) is 0 Å². The summed E-state index contributed by atoms with van der Waals surface area (Å²) in [6, 6.07) is 98.4. The highest BCUT2D eigenvalue weighted by atomic mass is 15.1. The van der Waals surface area contributed by atoms with Crippen LogP contribution in [-0.4, -0.2) is 4.57 Å². The summed E-state index contributed by atoms with van der Waals surface area (Å²) in [5, 5.41) is 2.49. The molecule has 0 amide bonds. The van der Waals surface area contributed by atoms with Crippen LogP contribution in [0.25, 0.3) is 83.1 Å². The van der Waals surface area contributed by atoms with Gasteiger partial charge in [-0.15, -0.1) is 0 Å². The largest absolute Gasteiger partial charge is 0.310 e. The second kappa shape index (κ2) is 15.6. The lowest BCUT2D eigenvalue weighted by Gasteiger charge is -2.32. The van der Waals surface area contributed by atoms with Gasteiger partial charge in [0.05, 0.1) is 22.1 Å². The SMILES string of the molecule is c1ccc(-c2ccc(N(c3ccc(-c4cccc5c4c4ccccc4n5-c4cccc(-c5ccccc5)c4)cc3)c3cccc4c3-c3ccccc3C43c4ccccc4-c4ccccc43)cc2)cc1. The Kier molecular flexibility index (Phi) is 8.84. The van der Waals surface area contributed by atoms with E-state index in [9.17, 15) is 0 Å². The van der Waals surface area contributed by atoms with Crippen LogP contribution in [0.15, 0.2) is 267 Å². The van der Waals surface area contributed by atoms with Crippen molar-refractivity contribution in [2.75, 3.05) is 4.90 Å². The van der Waals surface area contributed by atoms with Gasteiger partial charge in [-0.25, -0.2) is 0 Å². The van der Waals surface area contributed by atoms with Crippen LogP contribution < -0.4 is 4.90 Å². The quantitative estimate of drug-likeness (QED) is 0.155. The molecule has 2 aliphatic rings. The van der Waals surface area contributed by atoms with Crippen LogP contribution in [0.2, 0.25) is 0 Å². The highest BCUT2D eigenvalue weighted by molar-refractivity contribution is 6.16. The standard InChI is InChI=1S/C67H44N2/c1-3-18-45(19-4-1)47-36-40-50(41-37-47)68(64-35-17-32-61-66(64)56-26-9-13-31-60(56)67(61)58-29-11-7-24-54(58)55-25-8-12-30-59(55)67)51-42-38-48(39-43-51)53-28-16-34-63-65(53)57-27-10-14-33-62(57)69(63)52-23-15-22-49(44-52)46-20-5-2-6-21-46/h1-44H. The predicted molar refractivity (Wildman–Crippen MR) is 288 cm³/mol. The van der Waals surface area contributed by atoms with E-state index in [2.05, 4.69) is 276 Å². The van der Waals surface area contributed by atoms with Crippen molar-refractivity contribution in [3.63, 3.8) is 0 Å². The lowest BCUT2D eigenvalue weighted by Crippen LogP contribution is -2.26. The number of rotatable bonds is 7. The average Bonchev–Trinajstić information content (AvgIpc) is 4.04. The van der Waals surface area contributed by atoms with Gasteiger partial charge in [0.1, 0.15) is 0 Å². The summed E-state index contributed by atoms with van der Waals surface area (Å²) in [4.78, 5) is 2.48. The molecule has 0 saturated carbocycles. The molecular formula is C67H44N2. The summed E-state index contributed by atoms with van der Waals surface area (Å²) in [6.07, 6.45) is 0. The van der Waals surface area contributed by atoms with Gasteiger partial charge < -0.3 is 9.47 Å². The van der Waals surface area contributed by atoms with Gasteiger partial charge in [0.15, 0.2) is 0 Å². The predicted octanol–water partition coefficient (Wildman–Crippen LogP) is 17.6. The van der Waals surface area contributed by atoms with Crippen molar-refractivity contribution in [2.24, 2.45) is 0 Å². The van der Waals surface area contributed by atoms with Crippen molar-refractivity contribution in [3.05, 3.63) is 289 Å². The van der Waals surface area contributed by atoms with E-state index < -0.39 is 5.41 Å². The Morgan fingerprint density at radius 1 is 0.304 bits per heavy atom. The van der Waals surface area contributed by atoms with E-state index in [1.54, 1.807) is 0 Å². The molecule has 0 fully saturated rings. The lowest BCUT2D eigenvalue weighted by atomic mass is 9.70. The molecule has 14 rings (SSSR count). The van der Waals surface area contributed by atoms with Gasteiger partial charge in [0.2, 0.25) is 0 Å². The number of fused-ring (bicyclic) bond motifs is 13. The molecule has 1 aromatic heterocycles. The third kappa shape index (κ3) is 5.86. The maximum absolute atomic E-state index is 2.48. The first-order chi connectivity index (χ1) is 34.3. The number of benzene rings is 11. The molecule has 322 valence electrons. The molecule has 2 heteroatoms. The lowest BCUT2D eigenvalue weighted by molar-refractivity contribution is 0.794. The fourth-order valence-electron chi connectivity index (χ4n) is 12.0. The minimum Gasteiger partial charge on any atom is -0.310 e. The number of hydrogen-bond acceptors (Lipinski definition) is 1. The Hall–Kier alpha value is -8.98. The molecule has 0 N–H and O–H groups in total. The highest BCUT2D eigenvalue weighted by Crippen LogP contribution is 2.64. The highest BCUT2D eigenvalue weighted by Gasteiger charge is 2.52. The zero-order valence-corrected chi connectivity index (χ0v) is 37.8. The van der Waals surface area contributed by atoms with Crippen LogP contribution in [-0.2, 0) is 5.41 Å². The molecular weight excluding hydrogens is 833 g/mol. The zero-order valence-electron chi connectivity index (χ0n) is 37.8. The fourth-order valence-corrected chi connectivity index (χ4v) is 12.0. The van der Waals surface area contributed by atoms with E-state index in [4.69, 9.17) is 0 Å². The Balaban J connectivity index is 0.948. The molecule has 2 nitrogen and oxygen atoms in total. The first-order valence-electron chi connectivity index (χ1n) is 23.9. The van der Waals surface area contributed by atoms with E-state index in [-0.39, 0.29) is 0 Å². The zero-order chi connectivity index (χ0) is 45.5. The molecule has 11 aromatic carbocycles. The molecule has 0 atom stereocenters. The number of aromatic nitrogens is 1. The van der Waals surface area contributed by atoms with Crippen molar-refractivity contribution >= 4 is 38.9 Å². The molecule has 12 aromatic rings. The van der Waals surface area contributed by atoms with Gasteiger partial charge in [-0.1, -0.05) is 212 Å². The fraction of sp³-hybridized carbons (Fsp3) is 0.0149. The summed E-state index contributed by atoms with van der Waals surface area (Å²) in [5.41, 5.74) is 24.1. The summed E-state index contributed by atoms with van der Waals surface area (Å²) in [7, 11) is 0. The molecule has 69 heavy (non-hydrogen) atoms. The van der Waals surface area contributed by atoms with Crippen LogP contribution in [0.3, 0.4) is 0 Å². The first-order valence-corrected chi connectivity index (χ1v) is 23.9. The number of para-hydroxylation sites is 1. The molecule has 2 aliphatic carbocycles. The molecule has 0 radical (unpaired) electrons. The maximum atomic E-state index is 2.48. The molecule has 0 aliphatic heterocycles. The summed E-state index contributed by atoms with van der Waals surface area (Å²) >= 11 is 0. The third-order valence-corrected chi connectivity index (χ3v) is 14.8. The Morgan fingerprint density at radius 2 is 0.768 bits per heavy atom. The van der Waals surface area contributed by atoms with E-state index >= 15 is 0 Å². The van der Waals surface area contributed by atoms with Crippen LogP contribution in [0, 0.1) is 0 Å². The second-order valence-electron chi connectivity index (χ2n) is 18.4. The van der Waals surface area contributed by atoms with Crippen molar-refractivity contribution < 1.29 is 0 Å². The number of anilines is 3. The van der Waals surface area contributed by atoms with Gasteiger partial charge in [-0.2, -0.15) is 0 Å². The van der Waals surface area contributed by atoms with Crippen LogP contribution in [0.4, 0.5) is 17.1 Å². The van der Waals surface area contributed by atoms with Crippen LogP contribution >= 0.6 is 0 Å². The Labute approximate surface area is 402 Å². The van der Waals surface area contributed by atoms with Crippen LogP contribution in [0.5, 0.6) is 0 Å². The van der Waals surface area contributed by atoms with Gasteiger partial charge in [-0.3, -0.25) is 0 Å². The molecule has 1 spiro atoms. The molecule has 0 saturated heterocycles. The smallest absolute Gasteiger partial charge is 0.0726 e. The van der Waals surface area contributed by atoms with Crippen LogP contribution in [0.1, 0.15) is 22.3 Å². The minimum atomic E-state index is -0.442. The van der Waals surface area contributed by atoms with Gasteiger partial charge in [-0.05, 0) is 127 Å². The van der Waals surface area contributed by atoms with E-state index in [1.165, 1.54) is 99.7 Å². The average molecular weight is 877 g/mol. The summed E-state index contributed by atoms with van der Waals surface area (Å²) in [5.74, 6) is 0. The van der Waals surface area contributed by atoms with E-state index in [0.717, 1.165) is 22.7 Å². The Bertz CT molecular complexity index is 3890. The number of hydrogen-bond donors (Lipinski definition) is 0. The normalized spacial score (nSPS) is 12.8. The topological polar surface area (TPSA) is 8.17 Å². The van der Waals surface area contributed by atoms with Crippen molar-refractivity contribution in [2.45, 2.75) is 5.41 Å². The number of nitrogens with zero attached hydrogens (tertiary/aromatic N) is 2. The molecule has 0 bridgehead atoms. The summed E-state index contributed by atoms with van der Waals surface area (Å²) in [6.45, 7) is 0. The second-order valence-corrected chi connectivity index (χ2v) is 18.4. The third-order valence-electron chi connectivity index (χ3n) is 14.8. The summed E-state index contributed by atoms with van der Waals surface area (Å²) < 4.78 is 2.43. The molecule has 0 unspecified atom stereocenters. The van der Waals surface area contributed by atoms with E-state index in [1.807, 2.05) is 0 Å². The van der Waals surface area contributed by atoms with Crippen molar-refractivity contribution in [1.29, 1.82) is 0 Å². The molecule has 1 heterocycles. The van der Waals surface area contributed by atoms with Gasteiger partial charge in [0, 0.05) is 33.4 Å². The van der Waals surface area contributed by atoms with Crippen molar-refractivity contribution in [1.82, 2.24) is 4.57 Å². The van der Waals surface area contributed by atoms with E-state index in [0.29, 0.717) is 0 Å². The Morgan fingerprint density at radius 3 is 1.45 bits per heavy atom. The minimum absolute atomic E-state index is 0.442. The monoisotopic (exact) mass is 876 g/mol. The first kappa shape index (κ1) is 39.2. The maximum Gasteiger partial charge on any atom is 0.0726 e.